The van der Waals surface area contributed by atoms with Crippen molar-refractivity contribution in [1.82, 2.24) is 14.5 Å². The maximum absolute atomic E-state index is 13.6. The number of nitrogens with one attached hydrogen (secondary N) is 1. The molecule has 1 atom stereocenters. The number of nitrogen functional groups attached to an aromatic ring is 1. The van der Waals surface area contributed by atoms with Gasteiger partial charge in [0.25, 0.3) is 5.91 Å². The Morgan fingerprint density at radius 2 is 1.95 bits per heavy atom. The SMILES string of the molecule is Cc1cn(-c2cc(NC(=O)c3ccc(C)c(N(N)CC(N)c4cnc(N)s4)c3)cc(C(F)(F)F)c2)cn1. The third-order valence-corrected chi connectivity index (χ3v) is 6.55. The molecule has 194 valence electrons. The number of aryl methyl sites for hydroxylation is 2. The van der Waals surface area contributed by atoms with Gasteiger partial charge in [0.1, 0.15) is 0 Å². The number of aromatic nitrogens is 3. The van der Waals surface area contributed by atoms with Crippen LogP contribution in [0.5, 0.6) is 0 Å². The fourth-order valence-electron chi connectivity index (χ4n) is 3.69. The zero-order valence-corrected chi connectivity index (χ0v) is 20.8. The molecule has 0 saturated heterocycles. The van der Waals surface area contributed by atoms with E-state index in [1.807, 2.05) is 6.92 Å². The number of amides is 1. The van der Waals surface area contributed by atoms with Crippen molar-refractivity contribution < 1.29 is 18.0 Å². The lowest BCUT2D eigenvalue weighted by Crippen LogP contribution is -2.38. The highest BCUT2D eigenvalue weighted by atomic mass is 32.1. The largest absolute Gasteiger partial charge is 0.416 e. The second-order valence-corrected chi connectivity index (χ2v) is 9.60. The number of hydrogen-bond acceptors (Lipinski definition) is 8. The molecule has 0 spiro atoms. The Bertz CT molecular complexity index is 1430. The average Bonchev–Trinajstić information content (AvgIpc) is 3.46. The molecule has 0 aliphatic rings. The average molecular weight is 531 g/mol. The van der Waals surface area contributed by atoms with E-state index in [0.29, 0.717) is 16.5 Å². The zero-order chi connectivity index (χ0) is 26.9. The first-order valence-corrected chi connectivity index (χ1v) is 11.9. The van der Waals surface area contributed by atoms with E-state index in [2.05, 4.69) is 15.3 Å². The molecule has 0 saturated carbocycles. The quantitative estimate of drug-likeness (QED) is 0.207. The van der Waals surface area contributed by atoms with Crippen LogP contribution in [0.15, 0.2) is 55.1 Å². The van der Waals surface area contributed by atoms with Crippen molar-refractivity contribution in [1.29, 1.82) is 0 Å². The Balaban J connectivity index is 1.58. The standard InChI is InChI=1S/C24H25F3N8OS/c1-13-3-4-15(5-20(13)35(30)11-19(28)21-9-31-23(29)37-21)22(36)33-17-6-16(24(25,26)27)7-18(8-17)34-10-14(2)32-12-34/h3-10,12,19H,11,28,30H2,1-2H3,(H2,29,31)(H,33,36). The molecule has 1 amide bonds. The van der Waals surface area contributed by atoms with E-state index in [0.717, 1.165) is 22.6 Å². The highest BCUT2D eigenvalue weighted by Crippen LogP contribution is 2.33. The lowest BCUT2D eigenvalue weighted by Gasteiger charge is -2.24. The van der Waals surface area contributed by atoms with Gasteiger partial charge in [-0.25, -0.2) is 15.8 Å². The summed E-state index contributed by atoms with van der Waals surface area (Å²) in [5.41, 5.74) is 13.4. The first-order chi connectivity index (χ1) is 17.4. The molecule has 1 unspecified atom stereocenters. The van der Waals surface area contributed by atoms with Crippen molar-refractivity contribution in [2.45, 2.75) is 26.1 Å². The number of carbonyl (C=O) groups is 1. The summed E-state index contributed by atoms with van der Waals surface area (Å²) in [5.74, 6) is 5.66. The summed E-state index contributed by atoms with van der Waals surface area (Å²) in [6, 6.07) is 7.69. The Hall–Kier alpha value is -3.94. The number of benzene rings is 2. The van der Waals surface area contributed by atoms with Crippen LogP contribution in [0.4, 0.5) is 29.7 Å². The van der Waals surface area contributed by atoms with Crippen LogP contribution < -0.4 is 27.6 Å². The fraction of sp³-hybridized carbons (Fsp3) is 0.208. The van der Waals surface area contributed by atoms with Gasteiger partial charge in [0.15, 0.2) is 5.13 Å². The topological polar surface area (TPSA) is 141 Å². The molecule has 9 nitrogen and oxygen atoms in total. The first-order valence-electron chi connectivity index (χ1n) is 11.0. The number of hydrazine groups is 1. The summed E-state index contributed by atoms with van der Waals surface area (Å²) in [6.45, 7) is 3.76. The van der Waals surface area contributed by atoms with E-state index in [1.165, 1.54) is 33.3 Å². The van der Waals surface area contributed by atoms with E-state index in [1.54, 1.807) is 37.5 Å². The summed E-state index contributed by atoms with van der Waals surface area (Å²) in [5, 5.41) is 4.37. The van der Waals surface area contributed by atoms with Crippen LogP contribution in [-0.2, 0) is 6.18 Å². The van der Waals surface area contributed by atoms with Crippen LogP contribution >= 0.6 is 11.3 Å². The monoisotopic (exact) mass is 530 g/mol. The molecule has 0 aliphatic heterocycles. The minimum Gasteiger partial charge on any atom is -0.375 e. The molecule has 0 fully saturated rings. The molecule has 2 heterocycles. The zero-order valence-electron chi connectivity index (χ0n) is 20.0. The van der Waals surface area contributed by atoms with Crippen molar-refractivity contribution in [2.24, 2.45) is 11.6 Å². The van der Waals surface area contributed by atoms with Crippen LogP contribution in [0.25, 0.3) is 5.69 Å². The van der Waals surface area contributed by atoms with E-state index >= 15 is 0 Å². The third kappa shape index (κ3) is 6.07. The van der Waals surface area contributed by atoms with E-state index in [4.69, 9.17) is 17.3 Å². The number of alkyl halides is 3. The molecule has 7 N–H and O–H groups in total. The van der Waals surface area contributed by atoms with Crippen LogP contribution in [0.2, 0.25) is 0 Å². The molecule has 0 aliphatic carbocycles. The maximum atomic E-state index is 13.6. The Labute approximate surface area is 214 Å². The molecule has 4 aromatic rings. The second-order valence-electron chi connectivity index (χ2n) is 8.50. The summed E-state index contributed by atoms with van der Waals surface area (Å²) in [4.78, 5) is 21.8. The lowest BCUT2D eigenvalue weighted by molar-refractivity contribution is -0.137. The second kappa shape index (κ2) is 10.2. The Kier molecular flexibility index (Phi) is 7.21. The molecular formula is C24H25F3N8OS. The van der Waals surface area contributed by atoms with E-state index < -0.39 is 23.7 Å². The number of nitrogens with two attached hydrogens (primary N) is 3. The van der Waals surface area contributed by atoms with Crippen LogP contribution in [0.1, 0.15) is 38.1 Å². The molecule has 4 rings (SSSR count). The Morgan fingerprint density at radius 3 is 2.57 bits per heavy atom. The summed E-state index contributed by atoms with van der Waals surface area (Å²) < 4.78 is 42.2. The summed E-state index contributed by atoms with van der Waals surface area (Å²) in [6.07, 6.45) is -0.0222. The van der Waals surface area contributed by atoms with Crippen molar-refractivity contribution in [3.63, 3.8) is 0 Å². The number of hydrogen-bond donors (Lipinski definition) is 4. The number of rotatable bonds is 7. The molecule has 2 aromatic carbocycles. The van der Waals surface area contributed by atoms with Crippen molar-refractivity contribution in [3.05, 3.63) is 82.4 Å². The molecule has 0 bridgehead atoms. The van der Waals surface area contributed by atoms with Gasteiger partial charge >= 0.3 is 6.18 Å². The minimum atomic E-state index is -4.61. The normalized spacial score (nSPS) is 12.4. The van der Waals surface area contributed by atoms with Gasteiger partial charge in [-0.2, -0.15) is 13.2 Å². The molecule has 13 heteroatoms. The van der Waals surface area contributed by atoms with Crippen LogP contribution in [0, 0.1) is 13.8 Å². The number of halogens is 3. The van der Waals surface area contributed by atoms with Gasteiger partial charge in [0.2, 0.25) is 0 Å². The van der Waals surface area contributed by atoms with Crippen molar-refractivity contribution in [3.8, 4) is 5.69 Å². The number of imidazole rings is 1. The predicted octanol–water partition coefficient (Wildman–Crippen LogP) is 4.18. The smallest absolute Gasteiger partial charge is 0.375 e. The van der Waals surface area contributed by atoms with Gasteiger partial charge in [0, 0.05) is 34.2 Å². The predicted molar refractivity (Wildman–Crippen MR) is 137 cm³/mol. The minimum absolute atomic E-state index is 0.0160. The number of thiazole rings is 1. The third-order valence-electron chi connectivity index (χ3n) is 5.59. The number of anilines is 3. The van der Waals surface area contributed by atoms with E-state index in [9.17, 15) is 18.0 Å². The summed E-state index contributed by atoms with van der Waals surface area (Å²) in [7, 11) is 0. The first kappa shape index (κ1) is 26.1. The van der Waals surface area contributed by atoms with Crippen LogP contribution in [-0.4, -0.2) is 27.0 Å². The van der Waals surface area contributed by atoms with Gasteiger partial charge in [0.05, 0.1) is 35.9 Å². The fourth-order valence-corrected chi connectivity index (χ4v) is 4.37. The lowest BCUT2D eigenvalue weighted by atomic mass is 10.1. The summed E-state index contributed by atoms with van der Waals surface area (Å²) >= 11 is 1.26. The highest BCUT2D eigenvalue weighted by molar-refractivity contribution is 7.15. The van der Waals surface area contributed by atoms with Gasteiger partial charge < -0.3 is 26.4 Å². The molecular weight excluding hydrogens is 505 g/mol. The van der Waals surface area contributed by atoms with E-state index in [-0.39, 0.29) is 23.5 Å². The van der Waals surface area contributed by atoms with Crippen molar-refractivity contribution in [2.75, 3.05) is 22.6 Å². The molecule has 37 heavy (non-hydrogen) atoms. The van der Waals surface area contributed by atoms with Gasteiger partial charge in [-0.3, -0.25) is 4.79 Å². The highest BCUT2D eigenvalue weighted by Gasteiger charge is 2.31. The van der Waals surface area contributed by atoms with Crippen LogP contribution in [0.3, 0.4) is 0 Å². The molecule has 0 radical (unpaired) electrons. The van der Waals surface area contributed by atoms with Gasteiger partial charge in [-0.15, -0.1) is 11.3 Å². The Morgan fingerprint density at radius 1 is 1.19 bits per heavy atom. The number of nitrogens with zero attached hydrogens (tertiary/aromatic N) is 4. The van der Waals surface area contributed by atoms with Gasteiger partial charge in [-0.05, 0) is 49.7 Å². The van der Waals surface area contributed by atoms with Gasteiger partial charge in [-0.1, -0.05) is 6.07 Å². The van der Waals surface area contributed by atoms with Crippen molar-refractivity contribution >= 4 is 33.8 Å². The molecule has 2 aromatic heterocycles. The maximum Gasteiger partial charge on any atom is 0.416 e. The number of carbonyl (C=O) groups excluding carboxylic acids is 1.